The molecule has 0 saturated carbocycles. The molecule has 0 aliphatic rings. The standard InChI is InChI=1S/C17H16N4OS3/c1-11(16-18-12-6-3-4-7-13(12)25-16)20(2)10-21-17(23)22-15(19-21)14-8-5-9-24-14/h3-9,11H,10H2,1-2H3/t11-/m1/s1. The predicted molar refractivity (Wildman–Crippen MR) is 104 cm³/mol. The molecule has 5 nitrogen and oxygen atoms in total. The van der Waals surface area contributed by atoms with Crippen molar-refractivity contribution in [2.24, 2.45) is 0 Å². The molecule has 128 valence electrons. The Labute approximate surface area is 158 Å². The van der Waals surface area contributed by atoms with Gasteiger partial charge in [0.05, 0.1) is 27.8 Å². The highest BCUT2D eigenvalue weighted by Crippen LogP contribution is 2.29. The summed E-state index contributed by atoms with van der Waals surface area (Å²) in [7, 11) is 2.04. The molecule has 0 N–H and O–H groups in total. The number of aromatic nitrogens is 3. The molecule has 0 fully saturated rings. The first-order valence-corrected chi connectivity index (χ1v) is 9.90. The number of rotatable bonds is 5. The van der Waals surface area contributed by atoms with Gasteiger partial charge in [-0.3, -0.25) is 4.90 Å². The van der Waals surface area contributed by atoms with Crippen molar-refractivity contribution in [2.45, 2.75) is 19.6 Å². The van der Waals surface area contributed by atoms with Crippen molar-refractivity contribution in [3.8, 4) is 10.8 Å². The Morgan fingerprint density at radius 3 is 2.88 bits per heavy atom. The van der Waals surface area contributed by atoms with Crippen LogP contribution in [-0.4, -0.2) is 26.7 Å². The summed E-state index contributed by atoms with van der Waals surface area (Å²) in [5, 5.41) is 7.58. The van der Waals surface area contributed by atoms with Gasteiger partial charge < -0.3 is 4.42 Å². The first-order valence-electron chi connectivity index (χ1n) is 7.79. The third-order valence-electron chi connectivity index (χ3n) is 4.02. The first-order chi connectivity index (χ1) is 12.1. The molecule has 4 aromatic rings. The summed E-state index contributed by atoms with van der Waals surface area (Å²) in [5.41, 5.74) is 1.04. The van der Waals surface area contributed by atoms with E-state index >= 15 is 0 Å². The SMILES string of the molecule is C[C@H](c1nc2ccccc2s1)N(C)Cn1nc(-c2cccs2)oc1=S. The van der Waals surface area contributed by atoms with Gasteiger partial charge in [0.15, 0.2) is 0 Å². The molecule has 8 heteroatoms. The highest BCUT2D eigenvalue weighted by molar-refractivity contribution is 7.71. The number of hydrogen-bond donors (Lipinski definition) is 0. The fourth-order valence-electron chi connectivity index (χ4n) is 2.49. The zero-order chi connectivity index (χ0) is 17.4. The van der Waals surface area contributed by atoms with Gasteiger partial charge in [-0.15, -0.1) is 27.8 Å². The van der Waals surface area contributed by atoms with E-state index in [1.165, 1.54) is 4.70 Å². The zero-order valence-electron chi connectivity index (χ0n) is 13.7. The summed E-state index contributed by atoms with van der Waals surface area (Å²) in [6, 6.07) is 12.3. The Morgan fingerprint density at radius 2 is 2.12 bits per heavy atom. The van der Waals surface area contributed by atoms with Crippen LogP contribution in [0.4, 0.5) is 0 Å². The fourth-order valence-corrected chi connectivity index (χ4v) is 4.39. The van der Waals surface area contributed by atoms with Gasteiger partial charge in [0.2, 0.25) is 0 Å². The van der Waals surface area contributed by atoms with Crippen molar-refractivity contribution in [3.63, 3.8) is 0 Å². The highest BCUT2D eigenvalue weighted by Gasteiger charge is 2.18. The molecule has 4 rings (SSSR count). The lowest BCUT2D eigenvalue weighted by Gasteiger charge is -2.22. The number of para-hydroxylation sites is 1. The number of fused-ring (bicyclic) bond motifs is 1. The molecule has 1 atom stereocenters. The number of nitrogens with zero attached hydrogens (tertiary/aromatic N) is 4. The maximum Gasteiger partial charge on any atom is 0.288 e. The van der Waals surface area contributed by atoms with Gasteiger partial charge in [-0.1, -0.05) is 18.2 Å². The second-order valence-electron chi connectivity index (χ2n) is 5.74. The largest absolute Gasteiger partial charge is 0.408 e. The zero-order valence-corrected chi connectivity index (χ0v) is 16.2. The van der Waals surface area contributed by atoms with E-state index in [9.17, 15) is 0 Å². The second kappa shape index (κ2) is 6.80. The van der Waals surface area contributed by atoms with E-state index in [-0.39, 0.29) is 6.04 Å². The summed E-state index contributed by atoms with van der Waals surface area (Å²) in [4.78, 5) is 8.26. The summed E-state index contributed by atoms with van der Waals surface area (Å²) in [5.74, 6) is 0.570. The van der Waals surface area contributed by atoms with Gasteiger partial charge in [-0.05, 0) is 49.8 Å². The Hall–Kier alpha value is -1.87. The molecule has 25 heavy (non-hydrogen) atoms. The Kier molecular flexibility index (Phi) is 4.51. The lowest BCUT2D eigenvalue weighted by atomic mass is 10.3. The first kappa shape index (κ1) is 16.6. The third-order valence-corrected chi connectivity index (χ3v) is 6.38. The Bertz CT molecular complexity index is 1010. The average Bonchev–Trinajstić information content (AvgIpc) is 3.33. The minimum atomic E-state index is 0.154. The lowest BCUT2D eigenvalue weighted by Crippen LogP contribution is -2.26. The molecule has 0 radical (unpaired) electrons. The number of thiophene rings is 1. The van der Waals surface area contributed by atoms with Crippen molar-refractivity contribution in [1.82, 2.24) is 19.7 Å². The van der Waals surface area contributed by atoms with E-state index in [0.717, 1.165) is 15.4 Å². The van der Waals surface area contributed by atoms with Crippen LogP contribution < -0.4 is 0 Å². The van der Waals surface area contributed by atoms with Crippen LogP contribution in [0.5, 0.6) is 0 Å². The molecule has 0 unspecified atom stereocenters. The van der Waals surface area contributed by atoms with Crippen LogP contribution in [0.3, 0.4) is 0 Å². The van der Waals surface area contributed by atoms with Crippen LogP contribution in [0.25, 0.3) is 21.0 Å². The van der Waals surface area contributed by atoms with Crippen LogP contribution in [0.15, 0.2) is 46.2 Å². The second-order valence-corrected chi connectivity index (χ2v) is 8.10. The van der Waals surface area contributed by atoms with E-state index in [0.29, 0.717) is 17.4 Å². The molecular formula is C17H16N4OS3. The summed E-state index contributed by atoms with van der Waals surface area (Å²) < 4.78 is 8.55. The summed E-state index contributed by atoms with van der Waals surface area (Å²) in [6.45, 7) is 2.69. The topological polar surface area (TPSA) is 47.1 Å². The van der Waals surface area contributed by atoms with Gasteiger partial charge >= 0.3 is 0 Å². The Morgan fingerprint density at radius 1 is 1.28 bits per heavy atom. The normalized spacial score (nSPS) is 12.9. The van der Waals surface area contributed by atoms with Crippen molar-refractivity contribution < 1.29 is 4.42 Å². The molecule has 0 aliphatic carbocycles. The van der Waals surface area contributed by atoms with Gasteiger partial charge in [0.25, 0.3) is 10.7 Å². The van der Waals surface area contributed by atoms with Crippen molar-refractivity contribution in [3.05, 3.63) is 51.6 Å². The van der Waals surface area contributed by atoms with E-state index in [4.69, 9.17) is 21.6 Å². The summed E-state index contributed by atoms with van der Waals surface area (Å²) >= 11 is 8.63. The molecule has 0 aliphatic heterocycles. The van der Waals surface area contributed by atoms with Crippen LogP contribution in [0.1, 0.15) is 18.0 Å². The highest BCUT2D eigenvalue weighted by atomic mass is 32.1. The van der Waals surface area contributed by atoms with Crippen LogP contribution in [-0.2, 0) is 6.67 Å². The molecule has 0 spiro atoms. The monoisotopic (exact) mass is 388 g/mol. The Balaban J connectivity index is 1.55. The van der Waals surface area contributed by atoms with Crippen LogP contribution in [0.2, 0.25) is 0 Å². The maximum absolute atomic E-state index is 5.63. The van der Waals surface area contributed by atoms with E-state index in [1.807, 2.05) is 42.8 Å². The molecule has 3 aromatic heterocycles. The quantitative estimate of drug-likeness (QED) is 0.440. The summed E-state index contributed by atoms with van der Waals surface area (Å²) in [6.07, 6.45) is 0. The number of thiazole rings is 1. The molecule has 0 bridgehead atoms. The molecular weight excluding hydrogens is 372 g/mol. The fraction of sp³-hybridized carbons (Fsp3) is 0.235. The molecule has 1 aromatic carbocycles. The average molecular weight is 389 g/mol. The van der Waals surface area contributed by atoms with Crippen molar-refractivity contribution >= 4 is 45.1 Å². The number of benzene rings is 1. The minimum Gasteiger partial charge on any atom is -0.408 e. The van der Waals surface area contributed by atoms with Gasteiger partial charge in [-0.25, -0.2) is 9.67 Å². The molecule has 3 heterocycles. The maximum atomic E-state index is 5.63. The van der Waals surface area contributed by atoms with Gasteiger partial charge in [0, 0.05) is 0 Å². The van der Waals surface area contributed by atoms with Crippen LogP contribution in [0, 0.1) is 4.84 Å². The van der Waals surface area contributed by atoms with Crippen LogP contribution >= 0.6 is 34.9 Å². The molecule has 0 saturated heterocycles. The lowest BCUT2D eigenvalue weighted by molar-refractivity contribution is 0.192. The van der Waals surface area contributed by atoms with E-state index in [2.05, 4.69) is 23.0 Å². The van der Waals surface area contributed by atoms with E-state index in [1.54, 1.807) is 27.4 Å². The van der Waals surface area contributed by atoms with Crippen molar-refractivity contribution in [2.75, 3.05) is 7.05 Å². The number of hydrogen-bond acceptors (Lipinski definition) is 7. The van der Waals surface area contributed by atoms with E-state index < -0.39 is 0 Å². The predicted octanol–water partition coefficient (Wildman–Crippen LogP) is 5.19. The third kappa shape index (κ3) is 3.30. The van der Waals surface area contributed by atoms with Gasteiger partial charge in [-0.2, -0.15) is 0 Å². The van der Waals surface area contributed by atoms with Crippen molar-refractivity contribution in [1.29, 1.82) is 0 Å². The smallest absolute Gasteiger partial charge is 0.288 e. The molecule has 0 amide bonds. The van der Waals surface area contributed by atoms with Gasteiger partial charge in [0.1, 0.15) is 5.01 Å². The minimum absolute atomic E-state index is 0.154.